The van der Waals surface area contributed by atoms with Crippen LogP contribution in [0.25, 0.3) is 11.0 Å². The maximum absolute atomic E-state index is 9.76. The van der Waals surface area contributed by atoms with Crippen molar-refractivity contribution in [3.8, 4) is 0 Å². The molecule has 4 nitrogen and oxygen atoms in total. The number of H-pyrrole nitrogens is 1. The topological polar surface area (TPSA) is 61.8 Å². The van der Waals surface area contributed by atoms with E-state index in [1.54, 1.807) is 19.9 Å². The number of aliphatic hydroxyl groups is 1. The minimum absolute atomic E-state index is 0.226. The second kappa shape index (κ2) is 3.33. The highest BCUT2D eigenvalue weighted by Crippen LogP contribution is 2.26. The van der Waals surface area contributed by atoms with Gasteiger partial charge in [-0.05, 0) is 13.8 Å². The van der Waals surface area contributed by atoms with E-state index in [4.69, 9.17) is 23.2 Å². The van der Waals surface area contributed by atoms with Gasteiger partial charge >= 0.3 is 0 Å². The summed E-state index contributed by atoms with van der Waals surface area (Å²) in [7, 11) is 0. The van der Waals surface area contributed by atoms with Crippen LogP contribution in [0, 0.1) is 0 Å². The summed E-state index contributed by atoms with van der Waals surface area (Å²) < 4.78 is 0. The van der Waals surface area contributed by atoms with E-state index in [2.05, 4.69) is 15.0 Å². The number of hydrogen-bond donors (Lipinski definition) is 2. The Bertz CT molecular complexity index is 516. The Balaban J connectivity index is 2.71. The summed E-state index contributed by atoms with van der Waals surface area (Å²) in [5.74, 6) is 0.434. The number of halogens is 2. The van der Waals surface area contributed by atoms with Gasteiger partial charge in [0.2, 0.25) is 0 Å². The quantitative estimate of drug-likeness (QED) is 0.760. The third-order valence-electron chi connectivity index (χ3n) is 1.98. The largest absolute Gasteiger partial charge is 0.383 e. The van der Waals surface area contributed by atoms with E-state index >= 15 is 0 Å². The number of nitrogens with one attached hydrogen (secondary N) is 1. The summed E-state index contributed by atoms with van der Waals surface area (Å²) >= 11 is 11.6. The molecule has 0 unspecified atom stereocenters. The molecule has 0 aromatic carbocycles. The van der Waals surface area contributed by atoms with Crippen molar-refractivity contribution >= 4 is 34.2 Å². The molecule has 0 spiro atoms. The number of nitrogens with zero attached hydrogens (tertiary/aromatic N) is 2. The monoisotopic (exact) mass is 245 g/mol. The lowest BCUT2D eigenvalue weighted by Gasteiger charge is -2.12. The Morgan fingerprint density at radius 3 is 2.60 bits per heavy atom. The third kappa shape index (κ3) is 1.93. The first-order valence-corrected chi connectivity index (χ1v) is 5.08. The highest BCUT2D eigenvalue weighted by Gasteiger charge is 2.21. The minimum atomic E-state index is -1.05. The predicted octanol–water partition coefficient (Wildman–Crippen LogP) is 2.49. The lowest BCUT2D eigenvalue weighted by atomic mass is 10.1. The standard InChI is InChI=1S/C9H9Cl2N3O/c1-9(2,15)8-12-4-3-5(10)13-7(11)6(4)14-8/h3,15H,1-2H3,(H,12,14). The molecule has 0 saturated heterocycles. The Morgan fingerprint density at radius 1 is 1.33 bits per heavy atom. The van der Waals surface area contributed by atoms with Gasteiger partial charge in [0, 0.05) is 6.07 Å². The van der Waals surface area contributed by atoms with Crippen molar-refractivity contribution in [2.45, 2.75) is 19.4 Å². The smallest absolute Gasteiger partial charge is 0.158 e. The fourth-order valence-corrected chi connectivity index (χ4v) is 1.71. The van der Waals surface area contributed by atoms with E-state index < -0.39 is 5.60 Å². The fourth-order valence-electron chi connectivity index (χ4n) is 1.24. The Labute approximate surface area is 96.3 Å². The number of fused-ring (bicyclic) bond motifs is 1. The molecular formula is C9H9Cl2N3O. The molecule has 2 aromatic rings. The van der Waals surface area contributed by atoms with Crippen LogP contribution in [0.2, 0.25) is 10.3 Å². The zero-order chi connectivity index (χ0) is 11.2. The molecule has 2 N–H and O–H groups in total. The second-order valence-electron chi connectivity index (χ2n) is 3.78. The molecular weight excluding hydrogens is 237 g/mol. The second-order valence-corrected chi connectivity index (χ2v) is 4.52. The number of imidazole rings is 1. The van der Waals surface area contributed by atoms with Crippen LogP contribution in [-0.4, -0.2) is 20.1 Å². The number of aromatic amines is 1. The van der Waals surface area contributed by atoms with Crippen molar-refractivity contribution in [2.75, 3.05) is 0 Å². The summed E-state index contributed by atoms with van der Waals surface area (Å²) in [6, 6.07) is 1.62. The van der Waals surface area contributed by atoms with Gasteiger partial charge < -0.3 is 10.1 Å². The van der Waals surface area contributed by atoms with Crippen LogP contribution in [0.5, 0.6) is 0 Å². The van der Waals surface area contributed by atoms with Crippen molar-refractivity contribution in [2.24, 2.45) is 0 Å². The molecule has 0 atom stereocenters. The molecule has 0 fully saturated rings. The first-order chi connectivity index (χ1) is 6.88. The summed E-state index contributed by atoms with van der Waals surface area (Å²) in [5.41, 5.74) is 0.129. The molecule has 2 rings (SSSR count). The zero-order valence-electron chi connectivity index (χ0n) is 8.17. The van der Waals surface area contributed by atoms with Gasteiger partial charge in [0.05, 0.1) is 5.52 Å². The summed E-state index contributed by atoms with van der Waals surface area (Å²) in [5, 5.41) is 10.3. The summed E-state index contributed by atoms with van der Waals surface area (Å²) in [6.07, 6.45) is 0. The molecule has 0 saturated carbocycles. The van der Waals surface area contributed by atoms with E-state index in [1.165, 1.54) is 0 Å². The van der Waals surface area contributed by atoms with Gasteiger partial charge in [-0.25, -0.2) is 9.97 Å². The van der Waals surface area contributed by atoms with Crippen LogP contribution in [-0.2, 0) is 5.60 Å². The average Bonchev–Trinajstić information content (AvgIpc) is 2.46. The Kier molecular flexibility index (Phi) is 2.37. The number of rotatable bonds is 1. The molecule has 15 heavy (non-hydrogen) atoms. The van der Waals surface area contributed by atoms with Crippen LogP contribution in [0.3, 0.4) is 0 Å². The Morgan fingerprint density at radius 2 is 2.00 bits per heavy atom. The molecule has 0 radical (unpaired) electrons. The molecule has 0 aliphatic heterocycles. The summed E-state index contributed by atoms with van der Waals surface area (Å²) in [4.78, 5) is 11.0. The minimum Gasteiger partial charge on any atom is -0.383 e. The Hall–Kier alpha value is -0.840. The maximum Gasteiger partial charge on any atom is 0.158 e. The third-order valence-corrected chi connectivity index (χ3v) is 2.43. The highest BCUT2D eigenvalue weighted by molar-refractivity contribution is 6.36. The predicted molar refractivity (Wildman–Crippen MR) is 59.2 cm³/mol. The molecule has 0 amide bonds. The number of aromatic nitrogens is 3. The van der Waals surface area contributed by atoms with E-state index in [0.717, 1.165) is 0 Å². The van der Waals surface area contributed by atoms with Gasteiger partial charge in [-0.2, -0.15) is 0 Å². The van der Waals surface area contributed by atoms with Crippen LogP contribution in [0.15, 0.2) is 6.07 Å². The molecule has 80 valence electrons. The van der Waals surface area contributed by atoms with E-state index in [-0.39, 0.29) is 5.15 Å². The average molecular weight is 246 g/mol. The van der Waals surface area contributed by atoms with Crippen molar-refractivity contribution in [1.29, 1.82) is 0 Å². The van der Waals surface area contributed by atoms with Gasteiger partial charge in [-0.1, -0.05) is 23.2 Å². The lowest BCUT2D eigenvalue weighted by molar-refractivity contribution is 0.0700. The number of pyridine rings is 1. The van der Waals surface area contributed by atoms with Crippen LogP contribution < -0.4 is 0 Å². The molecule has 0 bridgehead atoms. The molecule has 6 heteroatoms. The van der Waals surface area contributed by atoms with Crippen LogP contribution >= 0.6 is 23.2 Å². The normalized spacial score (nSPS) is 12.3. The fraction of sp³-hybridized carbons (Fsp3) is 0.333. The van der Waals surface area contributed by atoms with Crippen LogP contribution in [0.4, 0.5) is 0 Å². The highest BCUT2D eigenvalue weighted by atomic mass is 35.5. The zero-order valence-corrected chi connectivity index (χ0v) is 9.69. The first-order valence-electron chi connectivity index (χ1n) is 4.32. The van der Waals surface area contributed by atoms with Crippen molar-refractivity contribution in [3.05, 3.63) is 22.2 Å². The van der Waals surface area contributed by atoms with Gasteiger partial charge in [0.15, 0.2) is 5.15 Å². The lowest BCUT2D eigenvalue weighted by Crippen LogP contribution is -2.17. The van der Waals surface area contributed by atoms with Gasteiger partial charge in [-0.15, -0.1) is 0 Å². The van der Waals surface area contributed by atoms with Gasteiger partial charge in [0.1, 0.15) is 22.1 Å². The van der Waals surface area contributed by atoms with Crippen molar-refractivity contribution < 1.29 is 5.11 Å². The van der Waals surface area contributed by atoms with E-state index in [0.29, 0.717) is 22.0 Å². The molecule has 2 aromatic heterocycles. The van der Waals surface area contributed by atoms with E-state index in [9.17, 15) is 5.11 Å². The molecule has 0 aliphatic rings. The number of hydrogen-bond acceptors (Lipinski definition) is 3. The molecule has 2 heterocycles. The summed E-state index contributed by atoms with van der Waals surface area (Å²) in [6.45, 7) is 3.27. The SMILES string of the molecule is CC(C)(O)c1nc2c(Cl)nc(Cl)cc2[nH]1. The molecule has 0 aliphatic carbocycles. The van der Waals surface area contributed by atoms with Crippen molar-refractivity contribution in [1.82, 2.24) is 15.0 Å². The van der Waals surface area contributed by atoms with Crippen molar-refractivity contribution in [3.63, 3.8) is 0 Å². The van der Waals surface area contributed by atoms with Gasteiger partial charge in [0.25, 0.3) is 0 Å². The van der Waals surface area contributed by atoms with Gasteiger partial charge in [-0.3, -0.25) is 0 Å². The maximum atomic E-state index is 9.76. The van der Waals surface area contributed by atoms with E-state index in [1.807, 2.05) is 0 Å². The van der Waals surface area contributed by atoms with Crippen LogP contribution in [0.1, 0.15) is 19.7 Å². The first kappa shape index (κ1) is 10.7.